The van der Waals surface area contributed by atoms with Gasteiger partial charge in [-0.05, 0) is 39.8 Å². The monoisotopic (exact) mass is 283 g/mol. The van der Waals surface area contributed by atoms with E-state index in [0.29, 0.717) is 0 Å². The smallest absolute Gasteiger partial charge is 0.512 e. The second-order valence-corrected chi connectivity index (χ2v) is 5.36. The van der Waals surface area contributed by atoms with E-state index in [-0.39, 0.29) is 11.4 Å². The van der Waals surface area contributed by atoms with Crippen molar-refractivity contribution in [3.8, 4) is 5.75 Å². The Kier molecular flexibility index (Phi) is 4.75. The van der Waals surface area contributed by atoms with Gasteiger partial charge in [0, 0.05) is 12.1 Å². The third-order valence-corrected chi connectivity index (χ3v) is 3.15. The van der Waals surface area contributed by atoms with Gasteiger partial charge in [0.1, 0.15) is 5.75 Å². The molecule has 2 N–H and O–H groups in total. The Labute approximate surface area is 117 Å². The molecule has 0 heterocycles. The maximum Gasteiger partial charge on any atom is 0.710 e. The summed E-state index contributed by atoms with van der Waals surface area (Å²) in [5, 5.41) is 30.1. The SMILES string of the molecule is CC(C)(O)C(C)(C)OB(O)Oc1ccc([N+](=O)[O-])cc1. The molecule has 20 heavy (non-hydrogen) atoms. The zero-order valence-electron chi connectivity index (χ0n) is 11.9. The minimum absolute atomic E-state index is 0.0791. The van der Waals surface area contributed by atoms with Crippen molar-refractivity contribution in [2.45, 2.75) is 38.9 Å². The first kappa shape index (κ1) is 16.4. The Hall–Kier alpha value is -1.64. The summed E-state index contributed by atoms with van der Waals surface area (Å²) in [4.78, 5) is 9.96. The Morgan fingerprint density at radius 3 is 2.10 bits per heavy atom. The molecule has 0 atom stereocenters. The van der Waals surface area contributed by atoms with Crippen LogP contribution in [-0.2, 0) is 4.65 Å². The minimum Gasteiger partial charge on any atom is -0.512 e. The van der Waals surface area contributed by atoms with Gasteiger partial charge in [0.2, 0.25) is 0 Å². The first-order valence-corrected chi connectivity index (χ1v) is 6.02. The predicted octanol–water partition coefficient (Wildman–Crippen LogP) is 1.52. The fraction of sp³-hybridized carbons (Fsp3) is 0.500. The fourth-order valence-corrected chi connectivity index (χ4v) is 1.18. The number of aliphatic hydroxyl groups is 1. The predicted molar refractivity (Wildman–Crippen MR) is 73.2 cm³/mol. The molecule has 0 aliphatic carbocycles. The van der Waals surface area contributed by atoms with E-state index in [1.165, 1.54) is 24.3 Å². The Balaban J connectivity index is 2.67. The molecule has 0 spiro atoms. The number of non-ortho nitro benzene ring substituents is 1. The molecule has 1 rings (SSSR count). The number of benzene rings is 1. The second kappa shape index (κ2) is 5.78. The van der Waals surface area contributed by atoms with Gasteiger partial charge in [0.25, 0.3) is 5.69 Å². The summed E-state index contributed by atoms with van der Waals surface area (Å²) in [5.41, 5.74) is -2.32. The number of hydrogen-bond donors (Lipinski definition) is 2. The molecule has 0 aliphatic heterocycles. The van der Waals surface area contributed by atoms with Crippen molar-refractivity contribution in [3.63, 3.8) is 0 Å². The number of hydrogen-bond acceptors (Lipinski definition) is 6. The van der Waals surface area contributed by atoms with Crippen molar-refractivity contribution in [3.05, 3.63) is 34.4 Å². The second-order valence-electron chi connectivity index (χ2n) is 5.36. The molecule has 1 aromatic carbocycles. The molecule has 0 saturated carbocycles. The molecule has 7 nitrogen and oxygen atoms in total. The van der Waals surface area contributed by atoms with Crippen LogP contribution in [0.4, 0.5) is 5.69 Å². The summed E-state index contributed by atoms with van der Waals surface area (Å²) in [6, 6.07) is 5.20. The number of nitrogens with zero attached hydrogens (tertiary/aromatic N) is 1. The van der Waals surface area contributed by atoms with Crippen LogP contribution in [0.2, 0.25) is 0 Å². The summed E-state index contributed by atoms with van der Waals surface area (Å²) in [5.74, 6) is 0.217. The van der Waals surface area contributed by atoms with E-state index in [1.807, 2.05) is 0 Å². The van der Waals surface area contributed by atoms with Gasteiger partial charge in [-0.3, -0.25) is 10.1 Å². The van der Waals surface area contributed by atoms with E-state index in [1.54, 1.807) is 27.7 Å². The lowest BCUT2D eigenvalue weighted by Gasteiger charge is -2.37. The molecule has 0 unspecified atom stereocenters. The average molecular weight is 283 g/mol. The van der Waals surface area contributed by atoms with E-state index in [2.05, 4.69) is 0 Å². The zero-order valence-corrected chi connectivity index (χ0v) is 11.9. The van der Waals surface area contributed by atoms with Gasteiger partial charge in [-0.25, -0.2) is 0 Å². The summed E-state index contributed by atoms with van der Waals surface area (Å²) in [6.45, 7) is 6.31. The van der Waals surface area contributed by atoms with Crippen LogP contribution in [0.1, 0.15) is 27.7 Å². The molecular formula is C12H18BNO6. The van der Waals surface area contributed by atoms with Crippen LogP contribution in [0.3, 0.4) is 0 Å². The maximum absolute atomic E-state index is 10.5. The number of nitro groups is 1. The van der Waals surface area contributed by atoms with Gasteiger partial charge in [-0.2, -0.15) is 0 Å². The lowest BCUT2D eigenvalue weighted by atomic mass is 9.88. The molecule has 0 radical (unpaired) electrons. The highest BCUT2D eigenvalue weighted by Crippen LogP contribution is 2.26. The van der Waals surface area contributed by atoms with E-state index in [4.69, 9.17) is 9.31 Å². The molecule has 0 aliphatic rings. The normalized spacial score (nSPS) is 12.1. The van der Waals surface area contributed by atoms with Crippen LogP contribution < -0.4 is 4.65 Å². The van der Waals surface area contributed by atoms with Crippen LogP contribution in [0.25, 0.3) is 0 Å². The Morgan fingerprint density at radius 2 is 1.70 bits per heavy atom. The van der Waals surface area contributed by atoms with Gasteiger partial charge >= 0.3 is 7.32 Å². The molecule has 0 bridgehead atoms. The third-order valence-electron chi connectivity index (χ3n) is 3.15. The van der Waals surface area contributed by atoms with Gasteiger partial charge in [0.15, 0.2) is 0 Å². The van der Waals surface area contributed by atoms with Gasteiger partial charge in [-0.1, -0.05) is 0 Å². The van der Waals surface area contributed by atoms with E-state index < -0.39 is 23.4 Å². The standard InChI is InChI=1S/C12H18BNO6/c1-11(2,15)12(3,4)20-13(16)19-10-7-5-9(6-8-10)14(17)18/h5-8,15-16H,1-4H3. The van der Waals surface area contributed by atoms with Gasteiger partial charge in [-0.15, -0.1) is 0 Å². The quantitative estimate of drug-likeness (QED) is 0.466. The molecule has 8 heteroatoms. The topological polar surface area (TPSA) is 102 Å². The summed E-state index contributed by atoms with van der Waals surface area (Å²) in [6.07, 6.45) is 0. The molecule has 110 valence electrons. The first-order chi connectivity index (χ1) is 9.03. The highest BCUT2D eigenvalue weighted by atomic mass is 16.7. The third kappa shape index (κ3) is 4.19. The fourth-order valence-electron chi connectivity index (χ4n) is 1.18. The van der Waals surface area contributed by atoms with E-state index >= 15 is 0 Å². The highest BCUT2D eigenvalue weighted by molar-refractivity contribution is 6.35. The summed E-state index contributed by atoms with van der Waals surface area (Å²) >= 11 is 0. The van der Waals surface area contributed by atoms with Crippen molar-refractivity contribution < 1.29 is 24.4 Å². The van der Waals surface area contributed by atoms with E-state index in [9.17, 15) is 20.2 Å². The van der Waals surface area contributed by atoms with Crippen molar-refractivity contribution in [1.29, 1.82) is 0 Å². The lowest BCUT2D eigenvalue weighted by molar-refractivity contribution is -0.384. The van der Waals surface area contributed by atoms with Crippen molar-refractivity contribution in [1.82, 2.24) is 0 Å². The van der Waals surface area contributed by atoms with Crippen LogP contribution >= 0.6 is 0 Å². The van der Waals surface area contributed by atoms with Crippen LogP contribution in [-0.4, -0.2) is 33.6 Å². The molecular weight excluding hydrogens is 265 g/mol. The van der Waals surface area contributed by atoms with Crippen molar-refractivity contribution in [2.24, 2.45) is 0 Å². The molecule has 1 aromatic rings. The lowest BCUT2D eigenvalue weighted by Crippen LogP contribution is -2.51. The Morgan fingerprint density at radius 1 is 1.20 bits per heavy atom. The molecule has 0 fully saturated rings. The molecule has 0 saturated heterocycles. The first-order valence-electron chi connectivity index (χ1n) is 6.02. The van der Waals surface area contributed by atoms with Gasteiger partial charge < -0.3 is 19.4 Å². The highest BCUT2D eigenvalue weighted by Gasteiger charge is 2.40. The largest absolute Gasteiger partial charge is 0.710 e. The van der Waals surface area contributed by atoms with Crippen LogP contribution in [0, 0.1) is 10.1 Å². The zero-order chi connectivity index (χ0) is 15.6. The van der Waals surface area contributed by atoms with Crippen LogP contribution in [0.5, 0.6) is 5.75 Å². The van der Waals surface area contributed by atoms with Crippen LogP contribution in [0.15, 0.2) is 24.3 Å². The van der Waals surface area contributed by atoms with Crippen molar-refractivity contribution in [2.75, 3.05) is 0 Å². The Bertz CT molecular complexity index is 468. The average Bonchev–Trinajstić information content (AvgIpc) is 2.27. The molecule has 0 amide bonds. The number of rotatable bonds is 6. The number of nitro benzene ring substituents is 1. The minimum atomic E-state index is -1.60. The molecule has 0 aromatic heterocycles. The van der Waals surface area contributed by atoms with E-state index in [0.717, 1.165) is 0 Å². The van der Waals surface area contributed by atoms with Crippen molar-refractivity contribution >= 4 is 13.0 Å². The maximum atomic E-state index is 10.5. The summed E-state index contributed by atoms with van der Waals surface area (Å²) in [7, 11) is -1.60. The summed E-state index contributed by atoms with van der Waals surface area (Å²) < 4.78 is 10.3. The van der Waals surface area contributed by atoms with Gasteiger partial charge in [0.05, 0.1) is 16.1 Å².